The lowest BCUT2D eigenvalue weighted by Crippen LogP contribution is -2.14. The number of fused-ring (bicyclic) bond motifs is 1. The number of rotatable bonds is 7. The number of thiophene rings is 1. The Morgan fingerprint density at radius 2 is 1.73 bits per heavy atom. The summed E-state index contributed by atoms with van der Waals surface area (Å²) in [6, 6.07) is 23.9. The maximum absolute atomic E-state index is 14.8. The van der Waals surface area contributed by atoms with E-state index in [1.807, 2.05) is 6.92 Å². The third-order valence-corrected chi connectivity index (χ3v) is 10.3. The molecule has 6 aromatic rings. The Labute approximate surface area is 267 Å². The molecule has 7 nitrogen and oxygen atoms in total. The van der Waals surface area contributed by atoms with Crippen LogP contribution in [0.1, 0.15) is 20.8 Å². The molecule has 0 bridgehead atoms. The van der Waals surface area contributed by atoms with Gasteiger partial charge >= 0.3 is 5.97 Å². The average Bonchev–Trinajstić information content (AvgIpc) is 3.63. The highest BCUT2D eigenvalue weighted by Crippen LogP contribution is 2.46. The van der Waals surface area contributed by atoms with Crippen molar-refractivity contribution in [2.75, 3.05) is 7.11 Å². The Morgan fingerprint density at radius 1 is 1.00 bits per heavy atom. The second kappa shape index (κ2) is 11.5. The van der Waals surface area contributed by atoms with Crippen molar-refractivity contribution in [3.63, 3.8) is 0 Å². The smallest absolute Gasteiger partial charge is 0.339 e. The van der Waals surface area contributed by atoms with Crippen LogP contribution in [0.4, 0.5) is 4.39 Å². The zero-order valence-corrected chi connectivity index (χ0v) is 26.1. The van der Waals surface area contributed by atoms with Gasteiger partial charge in [0, 0.05) is 32.7 Å². The van der Waals surface area contributed by atoms with Crippen molar-refractivity contribution in [3.05, 3.63) is 117 Å². The fourth-order valence-electron chi connectivity index (χ4n) is 5.37. The number of nitrogens with zero attached hydrogens (tertiary/aromatic N) is 2. The molecule has 0 radical (unpaired) electrons. The summed E-state index contributed by atoms with van der Waals surface area (Å²) >= 11 is 7.76. The van der Waals surface area contributed by atoms with Crippen LogP contribution in [0.2, 0.25) is 5.02 Å². The molecule has 0 spiro atoms. The third-order valence-electron chi connectivity index (χ3n) is 7.45. The van der Waals surface area contributed by atoms with Crippen molar-refractivity contribution in [1.82, 2.24) is 3.97 Å². The first-order valence-electron chi connectivity index (χ1n) is 13.4. The first-order valence-corrected chi connectivity index (χ1v) is 16.1. The van der Waals surface area contributed by atoms with Crippen molar-refractivity contribution in [1.29, 1.82) is 5.26 Å². The molecule has 0 saturated heterocycles. The molecule has 0 unspecified atom stereocenters. The summed E-state index contributed by atoms with van der Waals surface area (Å²) in [5.74, 6) is -1.68. The number of carbonyl (C=O) groups is 1. The van der Waals surface area contributed by atoms with E-state index in [9.17, 15) is 28.0 Å². The Morgan fingerprint density at radius 3 is 2.42 bits per heavy atom. The second-order valence-electron chi connectivity index (χ2n) is 10.2. The van der Waals surface area contributed by atoms with Gasteiger partial charge in [-0.2, -0.15) is 5.26 Å². The molecule has 4 aromatic carbocycles. The molecule has 45 heavy (non-hydrogen) atoms. The Kier molecular flexibility index (Phi) is 7.70. The first kappa shape index (κ1) is 30.1. The number of aryl methyl sites for hydroxylation is 1. The van der Waals surface area contributed by atoms with Crippen LogP contribution < -0.4 is 4.74 Å². The minimum absolute atomic E-state index is 0.0288. The van der Waals surface area contributed by atoms with Gasteiger partial charge in [-0.25, -0.2) is 21.6 Å². The van der Waals surface area contributed by atoms with Crippen LogP contribution in [0.25, 0.3) is 44.4 Å². The van der Waals surface area contributed by atoms with Gasteiger partial charge in [-0.3, -0.25) is 0 Å². The summed E-state index contributed by atoms with van der Waals surface area (Å²) in [6.07, 6.45) is 0. The van der Waals surface area contributed by atoms with Gasteiger partial charge in [0.25, 0.3) is 10.0 Å². The number of methoxy groups -OCH3 is 1. The maximum atomic E-state index is 14.8. The number of hydrogen-bond donors (Lipinski definition) is 1. The van der Waals surface area contributed by atoms with Crippen molar-refractivity contribution in [3.8, 4) is 45.3 Å². The lowest BCUT2D eigenvalue weighted by Gasteiger charge is -2.16. The normalized spacial score (nSPS) is 11.4. The van der Waals surface area contributed by atoms with E-state index in [-0.39, 0.29) is 32.4 Å². The molecular formula is C34H22ClFN2O5S2. The summed E-state index contributed by atoms with van der Waals surface area (Å²) in [7, 11) is -2.92. The van der Waals surface area contributed by atoms with Gasteiger partial charge in [-0.1, -0.05) is 47.5 Å². The SMILES string of the molecule is COc1cc(-c2cccc(-c3c(-c4ccsc4C#N)c4cc(F)ccc4n3S(=O)(=O)c3ccc(C)cc3)c2)c(Cl)cc1C(=O)O. The zero-order chi connectivity index (χ0) is 32.0. The minimum atomic E-state index is -4.27. The van der Waals surface area contributed by atoms with Gasteiger partial charge in [0.15, 0.2) is 0 Å². The molecule has 224 valence electrons. The molecule has 0 aliphatic carbocycles. The molecular weight excluding hydrogens is 635 g/mol. The molecule has 0 fully saturated rings. The number of ether oxygens (including phenoxy) is 1. The van der Waals surface area contributed by atoms with Crippen molar-refractivity contribution in [2.45, 2.75) is 11.8 Å². The number of hydrogen-bond acceptors (Lipinski definition) is 6. The summed E-state index contributed by atoms with van der Waals surface area (Å²) in [5, 5.41) is 21.7. The quantitative estimate of drug-likeness (QED) is 0.184. The van der Waals surface area contributed by atoms with Crippen molar-refractivity contribution >= 4 is 49.8 Å². The van der Waals surface area contributed by atoms with Crippen LogP contribution in [-0.2, 0) is 10.0 Å². The predicted molar refractivity (Wildman–Crippen MR) is 173 cm³/mol. The Balaban J connectivity index is 1.72. The monoisotopic (exact) mass is 656 g/mol. The van der Waals surface area contributed by atoms with E-state index >= 15 is 0 Å². The van der Waals surface area contributed by atoms with E-state index < -0.39 is 21.8 Å². The summed E-state index contributed by atoms with van der Waals surface area (Å²) < 4.78 is 50.3. The summed E-state index contributed by atoms with van der Waals surface area (Å²) in [4.78, 5) is 12.1. The van der Waals surface area contributed by atoms with E-state index in [1.54, 1.807) is 47.8 Å². The zero-order valence-electron chi connectivity index (χ0n) is 23.7. The number of halogens is 2. The van der Waals surface area contributed by atoms with Crippen LogP contribution in [-0.4, -0.2) is 30.6 Å². The molecule has 0 aliphatic heterocycles. The number of carboxylic acids is 1. The molecule has 0 atom stereocenters. The van der Waals surface area contributed by atoms with Crippen LogP contribution in [0, 0.1) is 24.1 Å². The van der Waals surface area contributed by atoms with E-state index in [0.717, 1.165) is 5.56 Å². The number of nitriles is 1. The highest BCUT2D eigenvalue weighted by Gasteiger charge is 2.30. The first-order chi connectivity index (χ1) is 21.5. The van der Waals surface area contributed by atoms with Gasteiger partial charge in [-0.15, -0.1) is 11.3 Å². The highest BCUT2D eigenvalue weighted by molar-refractivity contribution is 7.90. The number of aromatic nitrogens is 1. The fourth-order valence-corrected chi connectivity index (χ4v) is 7.88. The van der Waals surface area contributed by atoms with Crippen LogP contribution in [0.3, 0.4) is 0 Å². The predicted octanol–water partition coefficient (Wildman–Crippen LogP) is 8.62. The average molecular weight is 657 g/mol. The fraction of sp³-hybridized carbons (Fsp3) is 0.0588. The van der Waals surface area contributed by atoms with Crippen LogP contribution >= 0.6 is 22.9 Å². The summed E-state index contributed by atoms with van der Waals surface area (Å²) in [5.41, 5.74) is 3.47. The number of aromatic carboxylic acids is 1. The van der Waals surface area contributed by atoms with E-state index in [2.05, 4.69) is 6.07 Å². The lowest BCUT2D eigenvalue weighted by molar-refractivity contribution is 0.0693. The molecule has 2 heterocycles. The third kappa shape index (κ3) is 5.15. The summed E-state index contributed by atoms with van der Waals surface area (Å²) in [6.45, 7) is 1.85. The molecule has 6 rings (SSSR count). The molecule has 11 heteroatoms. The van der Waals surface area contributed by atoms with Gasteiger partial charge in [0.1, 0.15) is 28.1 Å². The van der Waals surface area contributed by atoms with Crippen molar-refractivity contribution < 1.29 is 27.4 Å². The Bertz CT molecular complexity index is 2300. The minimum Gasteiger partial charge on any atom is -0.496 e. The highest BCUT2D eigenvalue weighted by atomic mass is 35.5. The largest absolute Gasteiger partial charge is 0.496 e. The molecule has 1 N–H and O–H groups in total. The molecule has 0 aliphatic rings. The van der Waals surface area contributed by atoms with Gasteiger partial charge < -0.3 is 9.84 Å². The number of benzene rings is 4. The van der Waals surface area contributed by atoms with E-state index in [1.165, 1.54) is 64.9 Å². The standard InChI is InChI=1S/C34H22ClFN2O5S2/c1-19-6-9-23(10-7-19)45(41,42)38-29-11-8-22(36)15-26(29)32(24-12-13-44-31(24)18-37)33(38)21-5-3-4-20(14-21)25-17-30(43-2)27(34(39)40)16-28(25)35/h3-17H,1-2H3,(H,39,40). The number of carboxylic acid groups (broad SMARTS) is 1. The Hall–Kier alpha value is -4.95. The molecule has 0 amide bonds. The maximum Gasteiger partial charge on any atom is 0.339 e. The van der Waals surface area contributed by atoms with Crippen LogP contribution in [0.5, 0.6) is 5.75 Å². The van der Waals surface area contributed by atoms with Crippen LogP contribution in [0.15, 0.2) is 95.2 Å². The van der Waals surface area contributed by atoms with Gasteiger partial charge in [0.05, 0.1) is 23.2 Å². The van der Waals surface area contributed by atoms with Crippen molar-refractivity contribution in [2.24, 2.45) is 0 Å². The molecule has 2 aromatic heterocycles. The van der Waals surface area contributed by atoms with Gasteiger partial charge in [-0.05, 0) is 72.5 Å². The lowest BCUT2D eigenvalue weighted by atomic mass is 9.96. The van der Waals surface area contributed by atoms with E-state index in [0.29, 0.717) is 38.1 Å². The molecule has 0 saturated carbocycles. The topological polar surface area (TPSA) is 109 Å². The van der Waals surface area contributed by atoms with Gasteiger partial charge in [0.2, 0.25) is 0 Å². The van der Waals surface area contributed by atoms with E-state index in [4.69, 9.17) is 16.3 Å². The second-order valence-corrected chi connectivity index (χ2v) is 13.3.